The molecule has 0 heterocycles. The van der Waals surface area contributed by atoms with E-state index in [4.69, 9.17) is 9.16 Å². The minimum atomic E-state index is -2.55. The van der Waals surface area contributed by atoms with Crippen LogP contribution in [-0.4, -0.2) is 27.0 Å². The molecule has 2 aromatic rings. The van der Waals surface area contributed by atoms with Gasteiger partial charge in [0.05, 0.1) is 6.61 Å². The molecule has 0 spiro atoms. The summed E-state index contributed by atoms with van der Waals surface area (Å²) in [6.07, 6.45) is 9.86. The first kappa shape index (κ1) is 27.1. The van der Waals surface area contributed by atoms with E-state index in [1.54, 1.807) is 6.08 Å². The van der Waals surface area contributed by atoms with Crippen LogP contribution in [0.1, 0.15) is 73.1 Å². The molecule has 0 radical (unpaired) electrons. The highest BCUT2D eigenvalue weighted by molar-refractivity contribution is 6.99. The van der Waals surface area contributed by atoms with Crippen LogP contribution in [0.2, 0.25) is 5.04 Å². The van der Waals surface area contributed by atoms with Crippen molar-refractivity contribution in [1.29, 1.82) is 0 Å². The molecule has 33 heavy (non-hydrogen) atoms. The van der Waals surface area contributed by atoms with E-state index in [2.05, 4.69) is 88.4 Å². The van der Waals surface area contributed by atoms with Crippen molar-refractivity contribution in [2.75, 3.05) is 6.61 Å². The molecular weight excluding hydrogens is 424 g/mol. The Labute approximate surface area is 202 Å². The summed E-state index contributed by atoms with van der Waals surface area (Å²) in [7, 11) is -2.55. The number of hydrogen-bond donors (Lipinski definition) is 0. The van der Waals surface area contributed by atoms with Crippen LogP contribution < -0.4 is 10.4 Å². The van der Waals surface area contributed by atoms with E-state index < -0.39 is 8.32 Å². The lowest BCUT2D eigenvalue weighted by Gasteiger charge is -2.45. The molecule has 1 atom stereocenters. The van der Waals surface area contributed by atoms with Crippen molar-refractivity contribution in [1.82, 2.24) is 0 Å². The highest BCUT2D eigenvalue weighted by atomic mass is 28.4. The van der Waals surface area contributed by atoms with Crippen molar-refractivity contribution in [3.8, 4) is 0 Å². The smallest absolute Gasteiger partial charge is 0.330 e. The van der Waals surface area contributed by atoms with Gasteiger partial charge in [-0.3, -0.25) is 0 Å². The first-order valence-electron chi connectivity index (χ1n) is 12.5. The van der Waals surface area contributed by atoms with E-state index >= 15 is 0 Å². The number of allylic oxidation sites excluding steroid dienone is 1. The molecule has 2 aromatic carbocycles. The number of esters is 1. The van der Waals surface area contributed by atoms with Gasteiger partial charge in [0.1, 0.15) is 0 Å². The van der Waals surface area contributed by atoms with Crippen LogP contribution in [0.4, 0.5) is 0 Å². The fourth-order valence-corrected chi connectivity index (χ4v) is 9.22. The predicted molar refractivity (Wildman–Crippen MR) is 142 cm³/mol. The Kier molecular flexibility index (Phi) is 11.1. The monoisotopic (exact) mass is 466 g/mol. The zero-order valence-corrected chi connectivity index (χ0v) is 22.2. The summed E-state index contributed by atoms with van der Waals surface area (Å²) in [5, 5.41) is 2.63. The van der Waals surface area contributed by atoms with E-state index in [1.807, 2.05) is 13.0 Å². The maximum atomic E-state index is 11.6. The van der Waals surface area contributed by atoms with Gasteiger partial charge in [0.25, 0.3) is 8.32 Å². The zero-order chi connectivity index (χ0) is 24.2. The van der Waals surface area contributed by atoms with Crippen LogP contribution in [0, 0.1) is 0 Å². The quantitative estimate of drug-likeness (QED) is 0.148. The van der Waals surface area contributed by atoms with Gasteiger partial charge in [-0.15, -0.1) is 0 Å². The highest BCUT2D eigenvalue weighted by Crippen LogP contribution is 2.38. The van der Waals surface area contributed by atoms with E-state index in [-0.39, 0.29) is 17.1 Å². The number of unbranched alkanes of at least 4 members (excludes halogenated alkanes) is 2. The van der Waals surface area contributed by atoms with Crippen LogP contribution in [0.5, 0.6) is 0 Å². The Hall–Kier alpha value is -2.17. The van der Waals surface area contributed by atoms with Crippen LogP contribution in [0.15, 0.2) is 72.8 Å². The van der Waals surface area contributed by atoms with Gasteiger partial charge in [-0.25, -0.2) is 4.79 Å². The average Bonchev–Trinajstić information content (AvgIpc) is 2.80. The summed E-state index contributed by atoms with van der Waals surface area (Å²) in [5.41, 5.74) is 0. The Balaban J connectivity index is 2.33. The molecule has 0 amide bonds. The van der Waals surface area contributed by atoms with Crippen molar-refractivity contribution >= 4 is 24.7 Å². The molecule has 0 saturated heterocycles. The SMILES string of the molecule is CCCC[C@@H](CCC/C=C/C(=O)OCC)O[Si](c1ccccc1)(c1ccccc1)C(C)(C)C. The summed E-state index contributed by atoms with van der Waals surface area (Å²) in [6.45, 7) is 11.5. The largest absolute Gasteiger partial charge is 0.463 e. The average molecular weight is 467 g/mol. The van der Waals surface area contributed by atoms with Crippen LogP contribution in [0.3, 0.4) is 0 Å². The number of carbonyl (C=O) groups excluding carboxylic acids is 1. The molecule has 0 N–H and O–H groups in total. The van der Waals surface area contributed by atoms with Crippen molar-refractivity contribution in [3.63, 3.8) is 0 Å². The second kappa shape index (κ2) is 13.5. The first-order chi connectivity index (χ1) is 15.8. The molecule has 180 valence electrons. The van der Waals surface area contributed by atoms with Crippen molar-refractivity contribution in [3.05, 3.63) is 72.8 Å². The molecule has 0 bridgehead atoms. The third kappa shape index (κ3) is 7.68. The molecular formula is C29H42O3Si. The van der Waals surface area contributed by atoms with Gasteiger partial charge >= 0.3 is 5.97 Å². The summed E-state index contributed by atoms with van der Waals surface area (Å²) >= 11 is 0. The van der Waals surface area contributed by atoms with Crippen molar-refractivity contribution in [2.45, 2.75) is 84.3 Å². The molecule has 2 rings (SSSR count). The molecule has 4 heteroatoms. The Bertz CT molecular complexity index is 801. The van der Waals surface area contributed by atoms with E-state index in [9.17, 15) is 4.79 Å². The molecule has 3 nitrogen and oxygen atoms in total. The minimum absolute atomic E-state index is 0.0238. The molecule has 0 aliphatic carbocycles. The maximum Gasteiger partial charge on any atom is 0.330 e. The lowest BCUT2D eigenvalue weighted by atomic mass is 10.1. The van der Waals surface area contributed by atoms with Gasteiger partial charge in [-0.1, -0.05) is 107 Å². The van der Waals surface area contributed by atoms with Gasteiger partial charge in [0.15, 0.2) is 0 Å². The topological polar surface area (TPSA) is 35.5 Å². The highest BCUT2D eigenvalue weighted by Gasteiger charge is 2.51. The van der Waals surface area contributed by atoms with E-state index in [0.717, 1.165) is 38.5 Å². The van der Waals surface area contributed by atoms with Gasteiger partial charge in [-0.2, -0.15) is 0 Å². The van der Waals surface area contributed by atoms with Crippen LogP contribution >= 0.6 is 0 Å². The number of hydrogen-bond acceptors (Lipinski definition) is 3. The first-order valence-corrected chi connectivity index (χ1v) is 14.4. The van der Waals surface area contributed by atoms with E-state index in [1.165, 1.54) is 10.4 Å². The lowest BCUT2D eigenvalue weighted by Crippen LogP contribution is -2.67. The summed E-state index contributed by atoms with van der Waals surface area (Å²) in [6, 6.07) is 21.7. The summed E-state index contributed by atoms with van der Waals surface area (Å²) in [4.78, 5) is 11.6. The van der Waals surface area contributed by atoms with Gasteiger partial charge in [0, 0.05) is 12.2 Å². The Morgan fingerprint density at radius 1 is 0.909 bits per heavy atom. The van der Waals surface area contributed by atoms with Gasteiger partial charge in [-0.05, 0) is 48.0 Å². The number of rotatable bonds is 13. The molecule has 0 unspecified atom stereocenters. The number of ether oxygens (including phenoxy) is 1. The third-order valence-electron chi connectivity index (χ3n) is 6.08. The second-order valence-corrected chi connectivity index (χ2v) is 13.9. The predicted octanol–water partition coefficient (Wildman–Crippen LogP) is 6.41. The minimum Gasteiger partial charge on any atom is -0.463 e. The van der Waals surface area contributed by atoms with Gasteiger partial charge < -0.3 is 9.16 Å². The molecule has 0 aliphatic heterocycles. The fraction of sp³-hybridized carbons (Fsp3) is 0.483. The normalized spacial score (nSPS) is 13.2. The van der Waals surface area contributed by atoms with Crippen molar-refractivity contribution in [2.24, 2.45) is 0 Å². The number of carbonyl (C=O) groups is 1. The maximum absolute atomic E-state index is 11.6. The Morgan fingerprint density at radius 2 is 1.45 bits per heavy atom. The van der Waals surface area contributed by atoms with Crippen LogP contribution in [-0.2, 0) is 14.0 Å². The molecule has 0 aliphatic rings. The van der Waals surface area contributed by atoms with Crippen molar-refractivity contribution < 1.29 is 14.0 Å². The lowest BCUT2D eigenvalue weighted by molar-refractivity contribution is -0.137. The number of benzene rings is 2. The van der Waals surface area contributed by atoms with E-state index in [0.29, 0.717) is 6.61 Å². The Morgan fingerprint density at radius 3 is 1.94 bits per heavy atom. The van der Waals surface area contributed by atoms with Crippen LogP contribution in [0.25, 0.3) is 0 Å². The fourth-order valence-electron chi connectivity index (χ4n) is 4.47. The molecule has 0 fully saturated rings. The summed E-state index contributed by atoms with van der Waals surface area (Å²) < 4.78 is 12.3. The van der Waals surface area contributed by atoms with Gasteiger partial charge in [0.2, 0.25) is 0 Å². The standard InChI is InChI=1S/C29H42O3Si/c1-6-8-18-25(19-12-9-17-24-28(30)31-7-2)32-33(29(3,4)5,26-20-13-10-14-21-26)27-22-15-11-16-23-27/h10-11,13-17,20-25H,6-9,12,18-19H2,1-5H3/b24-17+/t25-/m0/s1. The zero-order valence-electron chi connectivity index (χ0n) is 21.2. The molecule has 0 aromatic heterocycles. The third-order valence-corrected chi connectivity index (χ3v) is 11.2. The molecule has 0 saturated carbocycles. The summed E-state index contributed by atoms with van der Waals surface area (Å²) in [5.74, 6) is -0.261. The second-order valence-electron chi connectivity index (χ2n) is 9.63.